The van der Waals surface area contributed by atoms with E-state index in [0.717, 1.165) is 19.7 Å². The number of nitrogens with one attached hydrogen (secondary N) is 1. The third-order valence-corrected chi connectivity index (χ3v) is 2.74. The van der Waals surface area contributed by atoms with Crippen LogP contribution in [0, 0.1) is 0 Å². The first-order valence-electron chi connectivity index (χ1n) is 6.54. The molecule has 3 nitrogen and oxygen atoms in total. The van der Waals surface area contributed by atoms with Gasteiger partial charge in [0.2, 0.25) is 0 Å². The Hall–Kier alpha value is -0.120. The van der Waals surface area contributed by atoms with Gasteiger partial charge in [0.05, 0.1) is 6.61 Å². The zero-order chi connectivity index (χ0) is 12.4. The summed E-state index contributed by atoms with van der Waals surface area (Å²) in [6, 6.07) is 1.22. The van der Waals surface area contributed by atoms with Crippen LogP contribution in [-0.2, 0) is 4.74 Å². The van der Waals surface area contributed by atoms with Gasteiger partial charge in [0, 0.05) is 25.7 Å². The molecule has 16 heavy (non-hydrogen) atoms. The molecule has 0 aliphatic carbocycles. The average Bonchev–Trinajstić information content (AvgIpc) is 2.21. The van der Waals surface area contributed by atoms with Gasteiger partial charge in [-0.3, -0.25) is 4.90 Å². The van der Waals surface area contributed by atoms with Crippen LogP contribution in [0.25, 0.3) is 0 Å². The van der Waals surface area contributed by atoms with Crippen LogP contribution in [0.15, 0.2) is 0 Å². The molecule has 0 unspecified atom stereocenters. The van der Waals surface area contributed by atoms with Gasteiger partial charge in [0.15, 0.2) is 0 Å². The van der Waals surface area contributed by atoms with E-state index < -0.39 is 0 Å². The Morgan fingerprint density at radius 3 is 2.25 bits per heavy atom. The van der Waals surface area contributed by atoms with Gasteiger partial charge in [-0.05, 0) is 39.8 Å². The van der Waals surface area contributed by atoms with Gasteiger partial charge < -0.3 is 10.1 Å². The van der Waals surface area contributed by atoms with E-state index in [1.54, 1.807) is 7.11 Å². The Morgan fingerprint density at radius 2 is 1.75 bits per heavy atom. The van der Waals surface area contributed by atoms with Gasteiger partial charge in [0.1, 0.15) is 0 Å². The van der Waals surface area contributed by atoms with Crippen LogP contribution in [0.3, 0.4) is 0 Å². The number of hydrogen-bond acceptors (Lipinski definition) is 3. The van der Waals surface area contributed by atoms with Crippen LogP contribution >= 0.6 is 0 Å². The van der Waals surface area contributed by atoms with Crippen molar-refractivity contribution in [2.45, 2.75) is 52.6 Å². The van der Waals surface area contributed by atoms with E-state index in [1.807, 2.05) is 0 Å². The molecule has 0 spiro atoms. The van der Waals surface area contributed by atoms with E-state index in [2.05, 4.69) is 37.9 Å². The normalized spacial score (nSPS) is 12.0. The highest BCUT2D eigenvalue weighted by Crippen LogP contribution is 2.01. The molecule has 1 N–H and O–H groups in total. The molecular weight excluding hydrogens is 200 g/mol. The molecule has 0 aromatic rings. The molecule has 0 aliphatic heterocycles. The van der Waals surface area contributed by atoms with E-state index in [9.17, 15) is 0 Å². The summed E-state index contributed by atoms with van der Waals surface area (Å²) in [5.74, 6) is 0. The van der Waals surface area contributed by atoms with Crippen LogP contribution in [-0.4, -0.2) is 50.3 Å². The van der Waals surface area contributed by atoms with Crippen molar-refractivity contribution in [3.63, 3.8) is 0 Å². The molecule has 0 aromatic heterocycles. The third kappa shape index (κ3) is 9.13. The van der Waals surface area contributed by atoms with E-state index >= 15 is 0 Å². The molecule has 0 rings (SSSR count). The average molecular weight is 230 g/mol. The van der Waals surface area contributed by atoms with Crippen LogP contribution in [0.2, 0.25) is 0 Å². The first-order chi connectivity index (χ1) is 7.57. The number of ether oxygens (including phenoxy) is 1. The fourth-order valence-electron chi connectivity index (χ4n) is 1.67. The smallest absolute Gasteiger partial charge is 0.0589 e. The Balaban J connectivity index is 3.52. The fraction of sp³-hybridized carbons (Fsp3) is 1.00. The maximum atomic E-state index is 5.13. The van der Waals surface area contributed by atoms with Crippen LogP contribution in [0.4, 0.5) is 0 Å². The summed E-state index contributed by atoms with van der Waals surface area (Å²) in [7, 11) is 1.77. The molecule has 0 saturated carbocycles. The van der Waals surface area contributed by atoms with Gasteiger partial charge in [-0.1, -0.05) is 13.8 Å². The topological polar surface area (TPSA) is 24.5 Å². The van der Waals surface area contributed by atoms with Crippen molar-refractivity contribution in [1.29, 1.82) is 0 Å². The molecule has 0 fully saturated rings. The predicted molar refractivity (Wildman–Crippen MR) is 71.0 cm³/mol. The molecule has 0 heterocycles. The SMILES string of the molecule is COCCN(CCCCNC(C)C)C(C)C. The first-order valence-corrected chi connectivity index (χ1v) is 6.54. The van der Waals surface area contributed by atoms with E-state index in [1.165, 1.54) is 19.4 Å². The minimum Gasteiger partial charge on any atom is -0.383 e. The van der Waals surface area contributed by atoms with E-state index in [0.29, 0.717) is 12.1 Å². The van der Waals surface area contributed by atoms with Crippen LogP contribution < -0.4 is 5.32 Å². The van der Waals surface area contributed by atoms with Gasteiger partial charge in [-0.2, -0.15) is 0 Å². The zero-order valence-corrected chi connectivity index (χ0v) is 11.8. The van der Waals surface area contributed by atoms with E-state index in [-0.39, 0.29) is 0 Å². The lowest BCUT2D eigenvalue weighted by Crippen LogP contribution is -2.35. The lowest BCUT2D eigenvalue weighted by atomic mass is 10.2. The van der Waals surface area contributed by atoms with Crippen molar-refractivity contribution in [2.24, 2.45) is 0 Å². The molecule has 0 aromatic carbocycles. The third-order valence-electron chi connectivity index (χ3n) is 2.74. The summed E-state index contributed by atoms with van der Waals surface area (Å²) < 4.78 is 5.13. The highest BCUT2D eigenvalue weighted by molar-refractivity contribution is 4.63. The number of hydrogen-bond donors (Lipinski definition) is 1. The van der Waals surface area contributed by atoms with Crippen molar-refractivity contribution >= 4 is 0 Å². The molecule has 0 saturated heterocycles. The minimum atomic E-state index is 0.606. The van der Waals surface area contributed by atoms with Crippen LogP contribution in [0.5, 0.6) is 0 Å². The van der Waals surface area contributed by atoms with Crippen molar-refractivity contribution in [3.8, 4) is 0 Å². The monoisotopic (exact) mass is 230 g/mol. The molecule has 3 heteroatoms. The second-order valence-corrected chi connectivity index (χ2v) is 4.94. The molecule has 0 radical (unpaired) electrons. The summed E-state index contributed by atoms with van der Waals surface area (Å²) in [5, 5.41) is 3.45. The van der Waals surface area contributed by atoms with Gasteiger partial charge in [0.25, 0.3) is 0 Å². The molecular formula is C13H30N2O. The highest BCUT2D eigenvalue weighted by atomic mass is 16.5. The van der Waals surface area contributed by atoms with Crippen molar-refractivity contribution < 1.29 is 4.74 Å². The molecule has 0 atom stereocenters. The summed E-state index contributed by atoms with van der Waals surface area (Å²) in [5.41, 5.74) is 0. The summed E-state index contributed by atoms with van der Waals surface area (Å²) >= 11 is 0. The molecule has 0 bridgehead atoms. The lowest BCUT2D eigenvalue weighted by molar-refractivity contribution is 0.128. The van der Waals surface area contributed by atoms with Crippen LogP contribution in [0.1, 0.15) is 40.5 Å². The van der Waals surface area contributed by atoms with Crippen molar-refractivity contribution in [3.05, 3.63) is 0 Å². The quantitative estimate of drug-likeness (QED) is 0.582. The molecule has 0 aliphatic rings. The number of rotatable bonds is 10. The molecule has 98 valence electrons. The van der Waals surface area contributed by atoms with E-state index in [4.69, 9.17) is 4.74 Å². The predicted octanol–water partition coefficient (Wildman–Crippen LogP) is 2.12. The minimum absolute atomic E-state index is 0.606. The maximum absolute atomic E-state index is 5.13. The van der Waals surface area contributed by atoms with Crippen molar-refractivity contribution in [1.82, 2.24) is 10.2 Å². The second-order valence-electron chi connectivity index (χ2n) is 4.94. The largest absolute Gasteiger partial charge is 0.383 e. The standard InChI is InChI=1S/C13H30N2O/c1-12(2)14-8-6-7-9-15(13(3)4)10-11-16-5/h12-14H,6-11H2,1-5H3. The number of methoxy groups -OCH3 is 1. The second kappa shape index (κ2) is 10.1. The van der Waals surface area contributed by atoms with Gasteiger partial charge >= 0.3 is 0 Å². The number of nitrogens with zero attached hydrogens (tertiary/aromatic N) is 1. The zero-order valence-electron chi connectivity index (χ0n) is 11.8. The fourth-order valence-corrected chi connectivity index (χ4v) is 1.67. The lowest BCUT2D eigenvalue weighted by Gasteiger charge is -2.26. The highest BCUT2D eigenvalue weighted by Gasteiger charge is 2.07. The Morgan fingerprint density at radius 1 is 1.06 bits per heavy atom. The Bertz CT molecular complexity index is 149. The summed E-state index contributed by atoms with van der Waals surface area (Å²) in [6.07, 6.45) is 2.52. The Labute approximate surface area is 102 Å². The van der Waals surface area contributed by atoms with Gasteiger partial charge in [-0.25, -0.2) is 0 Å². The first kappa shape index (κ1) is 15.9. The van der Waals surface area contributed by atoms with Gasteiger partial charge in [-0.15, -0.1) is 0 Å². The maximum Gasteiger partial charge on any atom is 0.0589 e. The number of unbranched alkanes of at least 4 members (excludes halogenated alkanes) is 1. The molecule has 0 amide bonds. The summed E-state index contributed by atoms with van der Waals surface area (Å²) in [6.45, 7) is 13.1. The Kier molecular flexibility index (Phi) is 9.99. The summed E-state index contributed by atoms with van der Waals surface area (Å²) in [4.78, 5) is 2.48. The van der Waals surface area contributed by atoms with Crippen molar-refractivity contribution in [2.75, 3.05) is 33.4 Å².